The van der Waals surface area contributed by atoms with E-state index < -0.39 is 0 Å². The number of rotatable bonds is 1. The van der Waals surface area contributed by atoms with Gasteiger partial charge in [0.15, 0.2) is 0 Å². The van der Waals surface area contributed by atoms with Gasteiger partial charge in [-0.1, -0.05) is 32.9 Å². The standard InChI is InChI=1S/C17H24O/c1-11-9-12(5-6-15(11)18)14-10-13-7-8-17(14,4)16(13,2)3/h5-6,9,13-14,18H,7-8,10H2,1-4H3/t13-,14+,17+/m1/s1. The van der Waals surface area contributed by atoms with E-state index in [0.717, 1.165) is 11.5 Å². The molecule has 2 aliphatic rings. The third-order valence-corrected chi connectivity index (χ3v) is 6.42. The molecule has 3 rings (SSSR count). The normalized spacial score (nSPS) is 37.1. The summed E-state index contributed by atoms with van der Waals surface area (Å²) in [6.07, 6.45) is 4.08. The number of phenolic OH excluding ortho intramolecular Hbond substituents is 1. The van der Waals surface area contributed by atoms with Gasteiger partial charge < -0.3 is 5.11 Å². The molecule has 2 saturated carbocycles. The molecule has 2 aliphatic carbocycles. The average Bonchev–Trinajstić information content (AvgIpc) is 2.65. The first-order valence-electron chi connectivity index (χ1n) is 7.16. The van der Waals surface area contributed by atoms with E-state index in [-0.39, 0.29) is 0 Å². The molecule has 0 heterocycles. The summed E-state index contributed by atoms with van der Waals surface area (Å²) in [5.74, 6) is 1.97. The zero-order valence-electron chi connectivity index (χ0n) is 12.0. The monoisotopic (exact) mass is 244 g/mol. The van der Waals surface area contributed by atoms with Crippen molar-refractivity contribution in [2.24, 2.45) is 16.7 Å². The van der Waals surface area contributed by atoms with Gasteiger partial charge in [0.2, 0.25) is 0 Å². The van der Waals surface area contributed by atoms with Gasteiger partial charge in [-0.05, 0) is 66.0 Å². The zero-order valence-corrected chi connectivity index (χ0v) is 12.0. The number of hydrogen-bond acceptors (Lipinski definition) is 1. The van der Waals surface area contributed by atoms with Crippen LogP contribution in [-0.4, -0.2) is 5.11 Å². The van der Waals surface area contributed by atoms with E-state index in [2.05, 4.69) is 32.9 Å². The molecule has 0 spiro atoms. The third kappa shape index (κ3) is 1.34. The molecule has 1 heteroatoms. The van der Waals surface area contributed by atoms with Crippen LogP contribution in [0.2, 0.25) is 0 Å². The summed E-state index contributed by atoms with van der Waals surface area (Å²) in [6, 6.07) is 6.20. The van der Waals surface area contributed by atoms with Crippen LogP contribution in [0.15, 0.2) is 18.2 Å². The van der Waals surface area contributed by atoms with Gasteiger partial charge >= 0.3 is 0 Å². The summed E-state index contributed by atoms with van der Waals surface area (Å²) in [6.45, 7) is 9.39. The van der Waals surface area contributed by atoms with E-state index in [1.807, 2.05) is 13.0 Å². The number of phenols is 1. The number of hydrogen-bond donors (Lipinski definition) is 1. The van der Waals surface area contributed by atoms with E-state index in [0.29, 0.717) is 22.5 Å². The molecule has 1 N–H and O–H groups in total. The van der Waals surface area contributed by atoms with E-state index >= 15 is 0 Å². The molecule has 0 aliphatic heterocycles. The molecular weight excluding hydrogens is 220 g/mol. The SMILES string of the molecule is Cc1cc([C@@H]2C[C@H]3CC[C@]2(C)C3(C)C)ccc1O. The summed E-state index contributed by atoms with van der Waals surface area (Å²) >= 11 is 0. The van der Waals surface area contributed by atoms with Crippen LogP contribution in [-0.2, 0) is 0 Å². The van der Waals surface area contributed by atoms with Crippen molar-refractivity contribution in [1.29, 1.82) is 0 Å². The van der Waals surface area contributed by atoms with Crippen molar-refractivity contribution in [3.63, 3.8) is 0 Å². The molecule has 0 radical (unpaired) electrons. The van der Waals surface area contributed by atoms with Gasteiger partial charge in [0.05, 0.1) is 0 Å². The van der Waals surface area contributed by atoms with Crippen molar-refractivity contribution in [1.82, 2.24) is 0 Å². The summed E-state index contributed by atoms with van der Waals surface area (Å²) in [7, 11) is 0. The zero-order chi connectivity index (χ0) is 13.1. The molecule has 1 aromatic rings. The number of aryl methyl sites for hydroxylation is 1. The molecule has 3 atom stereocenters. The second kappa shape index (κ2) is 3.53. The smallest absolute Gasteiger partial charge is 0.118 e. The fourth-order valence-corrected chi connectivity index (χ4v) is 4.60. The van der Waals surface area contributed by atoms with Crippen molar-refractivity contribution in [3.8, 4) is 5.75 Å². The van der Waals surface area contributed by atoms with Crippen molar-refractivity contribution in [2.45, 2.75) is 52.9 Å². The van der Waals surface area contributed by atoms with Crippen LogP contribution in [0.1, 0.15) is 57.1 Å². The summed E-state index contributed by atoms with van der Waals surface area (Å²) in [4.78, 5) is 0. The van der Waals surface area contributed by atoms with Gasteiger partial charge in [0.25, 0.3) is 0 Å². The summed E-state index contributed by atoms with van der Waals surface area (Å²) < 4.78 is 0. The van der Waals surface area contributed by atoms with E-state index in [1.54, 1.807) is 0 Å². The lowest BCUT2D eigenvalue weighted by Gasteiger charge is -2.39. The minimum absolute atomic E-state index is 0.423. The van der Waals surface area contributed by atoms with Crippen LogP contribution in [0.25, 0.3) is 0 Å². The highest BCUT2D eigenvalue weighted by atomic mass is 16.3. The highest BCUT2D eigenvalue weighted by Gasteiger charge is 2.61. The van der Waals surface area contributed by atoms with Gasteiger partial charge in [0.1, 0.15) is 5.75 Å². The molecule has 98 valence electrons. The molecular formula is C17H24O. The predicted octanol–water partition coefficient (Wildman–Crippen LogP) is 4.63. The summed E-state index contributed by atoms with van der Waals surface area (Å²) in [5.41, 5.74) is 3.34. The Morgan fingerprint density at radius 1 is 1.22 bits per heavy atom. The first kappa shape index (κ1) is 12.1. The minimum Gasteiger partial charge on any atom is -0.508 e. The first-order chi connectivity index (χ1) is 8.36. The molecule has 2 bridgehead atoms. The second-order valence-electron chi connectivity index (χ2n) is 7.21. The van der Waals surface area contributed by atoms with Crippen LogP contribution in [0, 0.1) is 23.7 Å². The lowest BCUT2D eigenvalue weighted by molar-refractivity contribution is 0.134. The number of fused-ring (bicyclic) bond motifs is 2. The van der Waals surface area contributed by atoms with Crippen LogP contribution in [0.5, 0.6) is 5.75 Å². The van der Waals surface area contributed by atoms with E-state index in [4.69, 9.17) is 0 Å². The fraction of sp³-hybridized carbons (Fsp3) is 0.647. The Hall–Kier alpha value is -0.980. The quantitative estimate of drug-likeness (QED) is 0.763. The Bertz CT molecular complexity index is 488. The van der Waals surface area contributed by atoms with Crippen molar-refractivity contribution in [3.05, 3.63) is 29.3 Å². The Kier molecular flexibility index (Phi) is 2.36. The van der Waals surface area contributed by atoms with Gasteiger partial charge in [-0.25, -0.2) is 0 Å². The van der Waals surface area contributed by atoms with Crippen molar-refractivity contribution in [2.75, 3.05) is 0 Å². The highest BCUT2D eigenvalue weighted by molar-refractivity contribution is 5.38. The largest absolute Gasteiger partial charge is 0.508 e. The predicted molar refractivity (Wildman–Crippen MR) is 74.8 cm³/mol. The Balaban J connectivity index is 2.02. The lowest BCUT2D eigenvalue weighted by Crippen LogP contribution is -2.31. The average molecular weight is 244 g/mol. The van der Waals surface area contributed by atoms with Gasteiger partial charge in [0, 0.05) is 0 Å². The molecule has 0 saturated heterocycles. The maximum Gasteiger partial charge on any atom is 0.118 e. The highest BCUT2D eigenvalue weighted by Crippen LogP contribution is 2.70. The number of benzene rings is 1. The topological polar surface area (TPSA) is 20.2 Å². The van der Waals surface area contributed by atoms with E-state index in [9.17, 15) is 5.11 Å². The summed E-state index contributed by atoms with van der Waals surface area (Å²) in [5, 5.41) is 9.69. The van der Waals surface area contributed by atoms with Crippen LogP contribution in [0.4, 0.5) is 0 Å². The number of aromatic hydroxyl groups is 1. The van der Waals surface area contributed by atoms with Gasteiger partial charge in [-0.3, -0.25) is 0 Å². The first-order valence-corrected chi connectivity index (χ1v) is 7.16. The van der Waals surface area contributed by atoms with Crippen molar-refractivity contribution < 1.29 is 5.11 Å². The maximum atomic E-state index is 9.69. The molecule has 0 aromatic heterocycles. The lowest BCUT2D eigenvalue weighted by atomic mass is 9.65. The third-order valence-electron chi connectivity index (χ3n) is 6.42. The maximum absolute atomic E-state index is 9.69. The Morgan fingerprint density at radius 3 is 2.44 bits per heavy atom. The van der Waals surface area contributed by atoms with Crippen LogP contribution >= 0.6 is 0 Å². The van der Waals surface area contributed by atoms with Crippen LogP contribution in [0.3, 0.4) is 0 Å². The van der Waals surface area contributed by atoms with Crippen molar-refractivity contribution >= 4 is 0 Å². The van der Waals surface area contributed by atoms with Crippen LogP contribution < -0.4 is 0 Å². The molecule has 1 aromatic carbocycles. The Labute approximate surface area is 110 Å². The minimum atomic E-state index is 0.423. The van der Waals surface area contributed by atoms with E-state index in [1.165, 1.54) is 24.8 Å². The fourth-order valence-electron chi connectivity index (χ4n) is 4.60. The molecule has 0 amide bonds. The molecule has 18 heavy (non-hydrogen) atoms. The molecule has 1 nitrogen and oxygen atoms in total. The van der Waals surface area contributed by atoms with Gasteiger partial charge in [-0.15, -0.1) is 0 Å². The molecule has 2 fully saturated rings. The second-order valence-corrected chi connectivity index (χ2v) is 7.21. The van der Waals surface area contributed by atoms with Gasteiger partial charge in [-0.2, -0.15) is 0 Å². The molecule has 0 unspecified atom stereocenters. The Morgan fingerprint density at radius 2 is 1.94 bits per heavy atom.